The molecule has 0 saturated carbocycles. The summed E-state index contributed by atoms with van der Waals surface area (Å²) in [6, 6.07) is 9.78. The molecule has 1 saturated heterocycles. The van der Waals surface area contributed by atoms with Crippen molar-refractivity contribution >= 4 is 44.8 Å². The van der Waals surface area contributed by atoms with E-state index in [4.69, 9.17) is 11.6 Å². The van der Waals surface area contributed by atoms with E-state index >= 15 is 0 Å². The number of nitrogens with one attached hydrogen (secondary N) is 1. The number of benzene rings is 2. The van der Waals surface area contributed by atoms with Gasteiger partial charge in [0.25, 0.3) is 5.91 Å². The van der Waals surface area contributed by atoms with Crippen LogP contribution < -0.4 is 9.62 Å². The van der Waals surface area contributed by atoms with Gasteiger partial charge in [-0.2, -0.15) is 0 Å². The molecule has 1 aliphatic heterocycles. The molecular weight excluding hydrogens is 376 g/mol. The fourth-order valence-corrected chi connectivity index (χ4v) is 4.53. The van der Waals surface area contributed by atoms with E-state index in [-0.39, 0.29) is 28.4 Å². The first-order chi connectivity index (χ1) is 12.2. The molecule has 0 aromatic heterocycles. The molecule has 1 heterocycles. The Morgan fingerprint density at radius 1 is 1.15 bits per heavy atom. The SMILES string of the molecule is Cc1cccc(C)c1NC(=O)c1cc(N2C(=O)CCS2(=O)=O)ccc1Cl. The largest absolute Gasteiger partial charge is 0.321 e. The van der Waals surface area contributed by atoms with Crippen molar-refractivity contribution in [2.75, 3.05) is 15.4 Å². The van der Waals surface area contributed by atoms with E-state index < -0.39 is 21.8 Å². The van der Waals surface area contributed by atoms with Gasteiger partial charge in [-0.15, -0.1) is 0 Å². The number of amides is 2. The van der Waals surface area contributed by atoms with E-state index in [1.807, 2.05) is 32.0 Å². The second-order valence-electron chi connectivity index (χ2n) is 6.11. The second kappa shape index (κ2) is 6.74. The molecule has 2 amide bonds. The topological polar surface area (TPSA) is 83.6 Å². The summed E-state index contributed by atoms with van der Waals surface area (Å²) in [7, 11) is -3.71. The monoisotopic (exact) mass is 392 g/mol. The Bertz CT molecular complexity index is 998. The van der Waals surface area contributed by atoms with E-state index in [1.54, 1.807) is 0 Å². The minimum Gasteiger partial charge on any atom is -0.321 e. The van der Waals surface area contributed by atoms with Crippen LogP contribution in [-0.4, -0.2) is 26.0 Å². The molecule has 2 aromatic carbocycles. The summed E-state index contributed by atoms with van der Waals surface area (Å²) >= 11 is 6.14. The van der Waals surface area contributed by atoms with Crippen molar-refractivity contribution in [1.82, 2.24) is 0 Å². The zero-order chi connectivity index (χ0) is 19.1. The van der Waals surface area contributed by atoms with Crippen LogP contribution in [0.4, 0.5) is 11.4 Å². The van der Waals surface area contributed by atoms with Gasteiger partial charge in [-0.1, -0.05) is 29.8 Å². The molecule has 3 rings (SSSR count). The zero-order valence-corrected chi connectivity index (χ0v) is 15.8. The summed E-state index contributed by atoms with van der Waals surface area (Å²) in [4.78, 5) is 24.7. The maximum Gasteiger partial charge on any atom is 0.257 e. The quantitative estimate of drug-likeness (QED) is 0.868. The van der Waals surface area contributed by atoms with Crippen LogP contribution >= 0.6 is 11.6 Å². The molecule has 26 heavy (non-hydrogen) atoms. The Balaban J connectivity index is 1.98. The molecule has 0 unspecified atom stereocenters. The molecule has 136 valence electrons. The van der Waals surface area contributed by atoms with Gasteiger partial charge in [-0.3, -0.25) is 9.59 Å². The summed E-state index contributed by atoms with van der Waals surface area (Å²) in [6.07, 6.45) is -0.0745. The number of aryl methyl sites for hydroxylation is 2. The normalized spacial score (nSPS) is 16.0. The van der Waals surface area contributed by atoms with E-state index in [9.17, 15) is 18.0 Å². The Morgan fingerprint density at radius 2 is 1.81 bits per heavy atom. The van der Waals surface area contributed by atoms with Crippen LogP contribution in [0.5, 0.6) is 0 Å². The predicted molar refractivity (Wildman–Crippen MR) is 101 cm³/mol. The number of hydrogen-bond donors (Lipinski definition) is 1. The number of hydrogen-bond acceptors (Lipinski definition) is 4. The van der Waals surface area contributed by atoms with Gasteiger partial charge in [0.05, 0.1) is 22.0 Å². The molecule has 2 aromatic rings. The van der Waals surface area contributed by atoms with Crippen LogP contribution in [0.25, 0.3) is 0 Å². The molecule has 0 atom stereocenters. The van der Waals surface area contributed by atoms with Crippen molar-refractivity contribution in [2.45, 2.75) is 20.3 Å². The molecule has 0 aliphatic carbocycles. The van der Waals surface area contributed by atoms with Crippen LogP contribution in [0.3, 0.4) is 0 Å². The van der Waals surface area contributed by atoms with Gasteiger partial charge in [-0.05, 0) is 43.2 Å². The van der Waals surface area contributed by atoms with Crippen molar-refractivity contribution in [3.8, 4) is 0 Å². The molecule has 1 fully saturated rings. The standard InChI is InChI=1S/C18H17ClN2O4S/c1-11-4-3-5-12(2)17(11)20-18(23)14-10-13(6-7-15(14)19)21-16(22)8-9-26(21,24)25/h3-7,10H,8-9H2,1-2H3,(H,20,23). The molecule has 1 N–H and O–H groups in total. The summed E-state index contributed by atoms with van der Waals surface area (Å²) in [5.41, 5.74) is 2.67. The minimum absolute atomic E-state index is 0.0745. The lowest BCUT2D eigenvalue weighted by Crippen LogP contribution is -2.29. The number of carbonyl (C=O) groups excluding carboxylic acids is 2. The lowest BCUT2D eigenvalue weighted by atomic mass is 10.1. The van der Waals surface area contributed by atoms with Gasteiger partial charge in [0.2, 0.25) is 15.9 Å². The Kier molecular flexibility index (Phi) is 4.77. The number of carbonyl (C=O) groups is 2. The van der Waals surface area contributed by atoms with Crippen LogP contribution in [0.15, 0.2) is 36.4 Å². The van der Waals surface area contributed by atoms with E-state index in [1.165, 1.54) is 18.2 Å². The van der Waals surface area contributed by atoms with Gasteiger partial charge in [0.15, 0.2) is 0 Å². The summed E-state index contributed by atoms with van der Waals surface area (Å²) in [5, 5.41) is 2.98. The number of para-hydroxylation sites is 1. The van der Waals surface area contributed by atoms with E-state index in [2.05, 4.69) is 5.32 Å². The van der Waals surface area contributed by atoms with Crippen molar-refractivity contribution in [2.24, 2.45) is 0 Å². The molecule has 0 radical (unpaired) electrons. The molecule has 0 spiro atoms. The van der Waals surface area contributed by atoms with Crippen LogP contribution in [0, 0.1) is 13.8 Å². The minimum atomic E-state index is -3.71. The first-order valence-electron chi connectivity index (χ1n) is 7.93. The number of nitrogens with zero attached hydrogens (tertiary/aromatic N) is 1. The molecule has 8 heteroatoms. The van der Waals surface area contributed by atoms with Crippen molar-refractivity contribution in [3.63, 3.8) is 0 Å². The molecular formula is C18H17ClN2O4S. The van der Waals surface area contributed by atoms with Gasteiger partial charge >= 0.3 is 0 Å². The average Bonchev–Trinajstić information content (AvgIpc) is 2.85. The highest BCUT2D eigenvalue weighted by molar-refractivity contribution is 7.94. The highest BCUT2D eigenvalue weighted by Crippen LogP contribution is 2.30. The van der Waals surface area contributed by atoms with E-state index in [0.717, 1.165) is 15.4 Å². The van der Waals surface area contributed by atoms with Gasteiger partial charge in [-0.25, -0.2) is 12.7 Å². The smallest absolute Gasteiger partial charge is 0.257 e. The Labute approximate surface area is 156 Å². The number of halogens is 1. The third-order valence-corrected chi connectivity index (χ3v) is 6.25. The number of rotatable bonds is 3. The van der Waals surface area contributed by atoms with Crippen LogP contribution in [-0.2, 0) is 14.8 Å². The highest BCUT2D eigenvalue weighted by Gasteiger charge is 2.36. The van der Waals surface area contributed by atoms with Gasteiger partial charge in [0.1, 0.15) is 0 Å². The predicted octanol–water partition coefficient (Wildman–Crippen LogP) is 3.28. The third kappa shape index (κ3) is 3.32. The fraction of sp³-hybridized carbons (Fsp3) is 0.222. The van der Waals surface area contributed by atoms with Crippen LogP contribution in [0.1, 0.15) is 27.9 Å². The Morgan fingerprint density at radius 3 is 2.38 bits per heavy atom. The molecule has 1 aliphatic rings. The van der Waals surface area contributed by atoms with Gasteiger partial charge in [0, 0.05) is 12.1 Å². The maximum atomic E-state index is 12.7. The first kappa shape index (κ1) is 18.4. The third-order valence-electron chi connectivity index (χ3n) is 4.23. The Hall–Kier alpha value is -2.38. The second-order valence-corrected chi connectivity index (χ2v) is 8.45. The summed E-state index contributed by atoms with van der Waals surface area (Å²) in [5.74, 6) is -1.23. The number of anilines is 2. The van der Waals surface area contributed by atoms with Gasteiger partial charge < -0.3 is 5.32 Å². The van der Waals surface area contributed by atoms with Crippen molar-refractivity contribution < 1.29 is 18.0 Å². The highest BCUT2D eigenvalue weighted by atomic mass is 35.5. The maximum absolute atomic E-state index is 12.7. The summed E-state index contributed by atoms with van der Waals surface area (Å²) in [6.45, 7) is 3.74. The van der Waals surface area contributed by atoms with Crippen LogP contribution in [0.2, 0.25) is 5.02 Å². The summed E-state index contributed by atoms with van der Waals surface area (Å²) < 4.78 is 24.9. The lowest BCUT2D eigenvalue weighted by molar-refractivity contribution is -0.116. The lowest BCUT2D eigenvalue weighted by Gasteiger charge is -2.17. The van der Waals surface area contributed by atoms with Crippen molar-refractivity contribution in [3.05, 3.63) is 58.1 Å². The average molecular weight is 393 g/mol. The fourth-order valence-electron chi connectivity index (χ4n) is 2.87. The number of sulfonamides is 1. The molecule has 6 nitrogen and oxygen atoms in total. The zero-order valence-electron chi connectivity index (χ0n) is 14.2. The van der Waals surface area contributed by atoms with Crippen molar-refractivity contribution in [1.29, 1.82) is 0 Å². The molecule has 0 bridgehead atoms. The van der Waals surface area contributed by atoms with E-state index in [0.29, 0.717) is 5.69 Å². The first-order valence-corrected chi connectivity index (χ1v) is 9.92.